The number of likely N-dealkylation sites (tertiary alicyclic amines) is 1. The number of pyridine rings is 1. The second kappa shape index (κ2) is 5.46. The molecule has 98 valence electrons. The molecule has 2 N–H and O–H groups in total. The molecule has 0 bridgehead atoms. The molecule has 0 aromatic carbocycles. The van der Waals surface area contributed by atoms with E-state index in [1.54, 1.807) is 19.4 Å². The van der Waals surface area contributed by atoms with Crippen LogP contribution >= 0.6 is 0 Å². The molecule has 1 aliphatic heterocycles. The van der Waals surface area contributed by atoms with Gasteiger partial charge in [-0.05, 0) is 37.6 Å². The first kappa shape index (κ1) is 13.0. The van der Waals surface area contributed by atoms with Crippen molar-refractivity contribution in [3.8, 4) is 0 Å². The van der Waals surface area contributed by atoms with Gasteiger partial charge < -0.3 is 10.4 Å². The molecule has 5 heteroatoms. The first-order valence-electron chi connectivity index (χ1n) is 6.20. The third kappa shape index (κ3) is 2.68. The number of nitrogens with zero attached hydrogens (tertiary/aromatic N) is 2. The number of aliphatic carboxylic acids is 1. The van der Waals surface area contributed by atoms with E-state index in [0.717, 1.165) is 19.6 Å². The molecule has 0 amide bonds. The van der Waals surface area contributed by atoms with Crippen LogP contribution in [-0.2, 0) is 11.3 Å². The zero-order valence-electron chi connectivity index (χ0n) is 10.6. The fourth-order valence-corrected chi connectivity index (χ4v) is 2.41. The average Bonchev–Trinajstić information content (AvgIpc) is 2.41. The summed E-state index contributed by atoms with van der Waals surface area (Å²) in [7, 11) is 1.73. The van der Waals surface area contributed by atoms with Crippen LogP contribution in [0.15, 0.2) is 24.5 Å². The Hall–Kier alpha value is -1.46. The lowest BCUT2D eigenvalue weighted by Crippen LogP contribution is -2.57. The van der Waals surface area contributed by atoms with Crippen LogP contribution in [0.4, 0.5) is 0 Å². The maximum atomic E-state index is 11.3. The van der Waals surface area contributed by atoms with Crippen molar-refractivity contribution < 1.29 is 9.90 Å². The van der Waals surface area contributed by atoms with Crippen LogP contribution in [-0.4, -0.2) is 46.6 Å². The highest BCUT2D eigenvalue weighted by atomic mass is 16.4. The van der Waals surface area contributed by atoms with E-state index >= 15 is 0 Å². The fourth-order valence-electron chi connectivity index (χ4n) is 2.41. The van der Waals surface area contributed by atoms with Crippen molar-refractivity contribution in [1.82, 2.24) is 15.2 Å². The van der Waals surface area contributed by atoms with E-state index in [1.807, 2.05) is 12.1 Å². The van der Waals surface area contributed by atoms with Crippen LogP contribution in [0.25, 0.3) is 0 Å². The summed E-state index contributed by atoms with van der Waals surface area (Å²) in [5, 5.41) is 12.2. The van der Waals surface area contributed by atoms with Gasteiger partial charge in [-0.2, -0.15) is 0 Å². The normalized spacial score (nSPS) is 19.6. The van der Waals surface area contributed by atoms with Gasteiger partial charge in [-0.15, -0.1) is 0 Å². The van der Waals surface area contributed by atoms with Gasteiger partial charge in [0.25, 0.3) is 0 Å². The summed E-state index contributed by atoms with van der Waals surface area (Å²) >= 11 is 0. The van der Waals surface area contributed by atoms with Gasteiger partial charge >= 0.3 is 5.97 Å². The quantitative estimate of drug-likeness (QED) is 0.823. The Bertz CT molecular complexity index is 400. The molecule has 0 spiro atoms. The number of aromatic nitrogens is 1. The first-order valence-corrected chi connectivity index (χ1v) is 6.20. The lowest BCUT2D eigenvalue weighted by atomic mass is 9.87. The Kier molecular flexibility index (Phi) is 3.93. The van der Waals surface area contributed by atoms with Crippen molar-refractivity contribution in [2.24, 2.45) is 0 Å². The first-order chi connectivity index (χ1) is 8.66. The zero-order valence-corrected chi connectivity index (χ0v) is 10.6. The highest BCUT2D eigenvalue weighted by Gasteiger charge is 2.39. The summed E-state index contributed by atoms with van der Waals surface area (Å²) in [6.45, 7) is 2.47. The lowest BCUT2D eigenvalue weighted by Gasteiger charge is -2.38. The predicted molar refractivity (Wildman–Crippen MR) is 68.2 cm³/mol. The van der Waals surface area contributed by atoms with Crippen molar-refractivity contribution in [2.45, 2.75) is 24.9 Å². The number of likely N-dealkylation sites (N-methyl/N-ethyl adjacent to an activating group) is 1. The van der Waals surface area contributed by atoms with E-state index in [4.69, 9.17) is 0 Å². The van der Waals surface area contributed by atoms with Crippen molar-refractivity contribution in [1.29, 1.82) is 0 Å². The van der Waals surface area contributed by atoms with E-state index in [2.05, 4.69) is 15.2 Å². The molecule has 1 aliphatic rings. The molecule has 0 saturated carbocycles. The number of carboxylic acid groups (broad SMARTS) is 1. The van der Waals surface area contributed by atoms with Gasteiger partial charge in [0.15, 0.2) is 0 Å². The molecule has 0 unspecified atom stereocenters. The van der Waals surface area contributed by atoms with Crippen LogP contribution in [0.2, 0.25) is 0 Å². The summed E-state index contributed by atoms with van der Waals surface area (Å²) < 4.78 is 0. The molecule has 0 aliphatic carbocycles. The van der Waals surface area contributed by atoms with E-state index in [9.17, 15) is 9.90 Å². The standard InChI is InChI=1S/C13H19N3O2/c1-14-13(12(17)18)4-8-16(9-5-13)10-11-2-6-15-7-3-11/h2-3,6-7,14H,4-5,8-10H2,1H3,(H,17,18). The van der Waals surface area contributed by atoms with Crippen LogP contribution in [0.5, 0.6) is 0 Å². The van der Waals surface area contributed by atoms with Crippen molar-refractivity contribution in [2.75, 3.05) is 20.1 Å². The summed E-state index contributed by atoms with van der Waals surface area (Å²) in [4.78, 5) is 17.6. The number of hydrogen-bond acceptors (Lipinski definition) is 4. The molecule has 1 saturated heterocycles. The Morgan fingerprint density at radius 1 is 1.44 bits per heavy atom. The van der Waals surface area contributed by atoms with Crippen LogP contribution < -0.4 is 5.32 Å². The van der Waals surface area contributed by atoms with E-state index in [1.165, 1.54) is 5.56 Å². The SMILES string of the molecule is CNC1(C(=O)O)CCN(Cc2ccncc2)CC1. The number of piperidine rings is 1. The van der Waals surface area contributed by atoms with Gasteiger partial charge in [0.1, 0.15) is 5.54 Å². The highest BCUT2D eigenvalue weighted by Crippen LogP contribution is 2.23. The predicted octanol–water partition coefficient (Wildman–Crippen LogP) is 0.720. The second-order valence-electron chi connectivity index (χ2n) is 4.77. The van der Waals surface area contributed by atoms with E-state index < -0.39 is 11.5 Å². The molecule has 1 aromatic rings. The average molecular weight is 249 g/mol. The van der Waals surface area contributed by atoms with Crippen molar-refractivity contribution >= 4 is 5.97 Å². The molecular formula is C13H19N3O2. The Labute approximate surface area is 107 Å². The molecule has 1 fully saturated rings. The molecular weight excluding hydrogens is 230 g/mol. The Balaban J connectivity index is 1.93. The minimum absolute atomic E-state index is 0.643. The molecule has 1 aromatic heterocycles. The van der Waals surface area contributed by atoms with Crippen LogP contribution in [0.3, 0.4) is 0 Å². The summed E-state index contributed by atoms with van der Waals surface area (Å²) in [6, 6.07) is 3.99. The maximum absolute atomic E-state index is 11.3. The van der Waals surface area contributed by atoms with Crippen LogP contribution in [0.1, 0.15) is 18.4 Å². The third-order valence-corrected chi connectivity index (χ3v) is 3.75. The molecule has 0 atom stereocenters. The van der Waals surface area contributed by atoms with E-state index in [0.29, 0.717) is 12.8 Å². The highest BCUT2D eigenvalue weighted by molar-refractivity contribution is 5.78. The second-order valence-corrected chi connectivity index (χ2v) is 4.77. The zero-order chi connectivity index (χ0) is 13.0. The molecule has 5 nitrogen and oxygen atoms in total. The van der Waals surface area contributed by atoms with Gasteiger partial charge in [0.05, 0.1) is 0 Å². The lowest BCUT2D eigenvalue weighted by molar-refractivity contribution is -0.146. The number of carboxylic acids is 1. The van der Waals surface area contributed by atoms with Crippen molar-refractivity contribution in [3.05, 3.63) is 30.1 Å². The molecule has 0 radical (unpaired) electrons. The summed E-state index contributed by atoms with van der Waals surface area (Å²) in [5.41, 5.74) is 0.478. The minimum atomic E-state index is -0.742. The molecule has 18 heavy (non-hydrogen) atoms. The van der Waals surface area contributed by atoms with E-state index in [-0.39, 0.29) is 0 Å². The molecule has 2 heterocycles. The van der Waals surface area contributed by atoms with Gasteiger partial charge in [0, 0.05) is 32.0 Å². The van der Waals surface area contributed by atoms with Gasteiger partial charge in [0.2, 0.25) is 0 Å². The Morgan fingerprint density at radius 2 is 2.06 bits per heavy atom. The van der Waals surface area contributed by atoms with Gasteiger partial charge in [-0.1, -0.05) is 0 Å². The third-order valence-electron chi connectivity index (χ3n) is 3.75. The minimum Gasteiger partial charge on any atom is -0.480 e. The van der Waals surface area contributed by atoms with Gasteiger partial charge in [-0.25, -0.2) is 0 Å². The maximum Gasteiger partial charge on any atom is 0.323 e. The molecule has 2 rings (SSSR count). The van der Waals surface area contributed by atoms with Gasteiger partial charge in [-0.3, -0.25) is 14.7 Å². The number of carbonyl (C=O) groups is 1. The smallest absolute Gasteiger partial charge is 0.323 e. The summed E-state index contributed by atoms with van der Waals surface area (Å²) in [6.07, 6.45) is 4.86. The number of nitrogens with one attached hydrogen (secondary N) is 1. The van der Waals surface area contributed by atoms with Crippen LogP contribution in [0, 0.1) is 0 Å². The monoisotopic (exact) mass is 249 g/mol. The number of hydrogen-bond donors (Lipinski definition) is 2. The Morgan fingerprint density at radius 3 is 2.56 bits per heavy atom. The number of rotatable bonds is 4. The topological polar surface area (TPSA) is 65.5 Å². The summed E-state index contributed by atoms with van der Waals surface area (Å²) in [5.74, 6) is -0.742. The van der Waals surface area contributed by atoms with Crippen molar-refractivity contribution in [3.63, 3.8) is 0 Å². The fraction of sp³-hybridized carbons (Fsp3) is 0.538. The largest absolute Gasteiger partial charge is 0.480 e.